The molecule has 128 valence electrons. The van der Waals surface area contributed by atoms with Crippen molar-refractivity contribution in [2.24, 2.45) is 0 Å². The first-order valence-corrected chi connectivity index (χ1v) is 8.15. The molecule has 1 aromatic carbocycles. The van der Waals surface area contributed by atoms with Crippen LogP contribution in [0.4, 0.5) is 0 Å². The van der Waals surface area contributed by atoms with Gasteiger partial charge in [-0.3, -0.25) is 4.79 Å². The lowest BCUT2D eigenvalue weighted by molar-refractivity contribution is -0.193. The van der Waals surface area contributed by atoms with Crippen molar-refractivity contribution in [2.45, 2.75) is 51.0 Å². The first-order valence-electron chi connectivity index (χ1n) is 8.15. The lowest BCUT2D eigenvalue weighted by Crippen LogP contribution is -2.33. The van der Waals surface area contributed by atoms with Crippen LogP contribution in [0, 0.1) is 0 Å². The van der Waals surface area contributed by atoms with Gasteiger partial charge in [-0.25, -0.2) is 0 Å². The third kappa shape index (κ3) is 2.60. The van der Waals surface area contributed by atoms with Gasteiger partial charge in [0.15, 0.2) is 5.79 Å². The van der Waals surface area contributed by atoms with Crippen molar-refractivity contribution in [3.63, 3.8) is 0 Å². The van der Waals surface area contributed by atoms with E-state index in [2.05, 4.69) is 11.1 Å². The number of nitrogens with one attached hydrogen (secondary N) is 1. The van der Waals surface area contributed by atoms with E-state index in [1.54, 1.807) is 0 Å². The molecule has 0 radical (unpaired) electrons. The fourth-order valence-electron chi connectivity index (χ4n) is 3.60. The highest BCUT2D eigenvalue weighted by molar-refractivity contribution is 5.83. The summed E-state index contributed by atoms with van der Waals surface area (Å²) in [6, 6.07) is 8.07. The number of carbonyl (C=O) groups is 1. The third-order valence-electron chi connectivity index (χ3n) is 4.53. The molecule has 2 aromatic rings. The Morgan fingerprint density at radius 1 is 1.25 bits per heavy atom. The van der Waals surface area contributed by atoms with E-state index in [1.165, 1.54) is 6.92 Å². The topological polar surface area (TPSA) is 69.8 Å². The van der Waals surface area contributed by atoms with Gasteiger partial charge in [-0.05, 0) is 19.9 Å². The molecule has 1 N–H and O–H groups in total. The molecule has 2 saturated heterocycles. The first-order chi connectivity index (χ1) is 11.4. The molecule has 6 nitrogen and oxygen atoms in total. The maximum atomic E-state index is 11.2. The quantitative estimate of drug-likeness (QED) is 0.876. The number of para-hydroxylation sites is 1. The Bertz CT molecular complexity index is 768. The van der Waals surface area contributed by atoms with Gasteiger partial charge in [0.1, 0.15) is 31.0 Å². The Morgan fingerprint density at radius 2 is 2.00 bits per heavy atom. The molecular formula is C18H21NO5. The standard InChI is InChI=1S/C18H21NO5/c1-10(20)21-9-14-16-17(24-18(2,3)23-16)15(22-14)12-8-19-13-7-5-4-6-11(12)13/h4-8,14-17,19H,9H2,1-3H3/t14?,15?,16-,17+/m1/s1. The predicted octanol–water partition coefficient (Wildman–Crippen LogP) is 2.69. The van der Waals surface area contributed by atoms with Gasteiger partial charge in [0.2, 0.25) is 0 Å². The van der Waals surface area contributed by atoms with Crippen molar-refractivity contribution in [1.82, 2.24) is 4.98 Å². The van der Waals surface area contributed by atoms with Gasteiger partial charge < -0.3 is 23.9 Å². The maximum absolute atomic E-state index is 11.2. The van der Waals surface area contributed by atoms with E-state index >= 15 is 0 Å². The van der Waals surface area contributed by atoms with Crippen LogP contribution in [0.1, 0.15) is 32.4 Å². The number of benzene rings is 1. The predicted molar refractivity (Wildman–Crippen MR) is 86.4 cm³/mol. The van der Waals surface area contributed by atoms with Gasteiger partial charge in [0.05, 0.1) is 0 Å². The summed E-state index contributed by atoms with van der Waals surface area (Å²) < 4.78 is 23.4. The monoisotopic (exact) mass is 331 g/mol. The molecule has 2 aliphatic heterocycles. The lowest BCUT2D eigenvalue weighted by atomic mass is 10.0. The molecule has 0 amide bonds. The van der Waals surface area contributed by atoms with Gasteiger partial charge in [-0.2, -0.15) is 0 Å². The van der Waals surface area contributed by atoms with Crippen LogP contribution in [0.15, 0.2) is 30.5 Å². The Hall–Kier alpha value is -1.89. The number of hydrogen-bond donors (Lipinski definition) is 1. The summed E-state index contributed by atoms with van der Waals surface area (Å²) in [5.74, 6) is -1.01. The van der Waals surface area contributed by atoms with E-state index in [-0.39, 0.29) is 37.0 Å². The van der Waals surface area contributed by atoms with Gasteiger partial charge in [0.25, 0.3) is 0 Å². The van der Waals surface area contributed by atoms with E-state index in [4.69, 9.17) is 18.9 Å². The average Bonchev–Trinajstić information content (AvgIpc) is 3.16. The smallest absolute Gasteiger partial charge is 0.302 e. The number of esters is 1. The zero-order valence-corrected chi connectivity index (χ0v) is 13.9. The molecule has 3 heterocycles. The van der Waals surface area contributed by atoms with Crippen LogP contribution in [0.5, 0.6) is 0 Å². The number of fused-ring (bicyclic) bond motifs is 2. The molecule has 0 bridgehead atoms. The van der Waals surface area contributed by atoms with E-state index < -0.39 is 5.79 Å². The van der Waals surface area contributed by atoms with Crippen molar-refractivity contribution in [3.05, 3.63) is 36.0 Å². The average molecular weight is 331 g/mol. The summed E-state index contributed by atoms with van der Waals surface area (Å²) >= 11 is 0. The summed E-state index contributed by atoms with van der Waals surface area (Å²) in [5, 5.41) is 1.10. The van der Waals surface area contributed by atoms with E-state index in [1.807, 2.05) is 38.2 Å². The molecule has 0 spiro atoms. The second kappa shape index (κ2) is 5.58. The zero-order valence-electron chi connectivity index (χ0n) is 13.9. The number of aromatic nitrogens is 1. The van der Waals surface area contributed by atoms with E-state index in [9.17, 15) is 4.79 Å². The second-order valence-electron chi connectivity index (χ2n) is 6.75. The Balaban J connectivity index is 1.66. The van der Waals surface area contributed by atoms with Crippen LogP contribution in [-0.4, -0.2) is 41.7 Å². The summed E-state index contributed by atoms with van der Waals surface area (Å²) in [7, 11) is 0. The summed E-state index contributed by atoms with van der Waals surface area (Å²) in [6.45, 7) is 5.33. The molecule has 4 rings (SSSR count). The number of hydrogen-bond acceptors (Lipinski definition) is 5. The fraction of sp³-hybridized carbons (Fsp3) is 0.500. The normalized spacial score (nSPS) is 31.3. The third-order valence-corrected chi connectivity index (χ3v) is 4.53. The van der Waals surface area contributed by atoms with E-state index in [0.717, 1.165) is 16.5 Å². The van der Waals surface area contributed by atoms with Gasteiger partial charge in [-0.15, -0.1) is 0 Å². The van der Waals surface area contributed by atoms with Crippen molar-refractivity contribution in [1.29, 1.82) is 0 Å². The molecule has 2 fully saturated rings. The van der Waals surface area contributed by atoms with Crippen LogP contribution in [-0.2, 0) is 23.7 Å². The number of rotatable bonds is 3. The molecule has 2 aliphatic rings. The van der Waals surface area contributed by atoms with Crippen LogP contribution < -0.4 is 0 Å². The van der Waals surface area contributed by atoms with Crippen molar-refractivity contribution in [3.8, 4) is 0 Å². The molecular weight excluding hydrogens is 310 g/mol. The summed E-state index contributed by atoms with van der Waals surface area (Å²) in [5.41, 5.74) is 2.08. The molecule has 6 heteroatoms. The summed E-state index contributed by atoms with van der Waals surface area (Å²) in [4.78, 5) is 14.4. The fourth-order valence-corrected chi connectivity index (χ4v) is 3.60. The molecule has 0 saturated carbocycles. The van der Waals surface area contributed by atoms with Crippen molar-refractivity contribution < 1.29 is 23.7 Å². The van der Waals surface area contributed by atoms with Crippen molar-refractivity contribution in [2.75, 3.05) is 6.61 Å². The van der Waals surface area contributed by atoms with Crippen LogP contribution in [0.3, 0.4) is 0 Å². The number of carbonyl (C=O) groups excluding carboxylic acids is 1. The highest BCUT2D eigenvalue weighted by Crippen LogP contribution is 2.46. The number of ether oxygens (including phenoxy) is 4. The zero-order chi connectivity index (χ0) is 16.9. The number of aromatic amines is 1. The number of H-pyrrole nitrogens is 1. The highest BCUT2D eigenvalue weighted by atomic mass is 16.8. The minimum atomic E-state index is -0.683. The molecule has 0 aliphatic carbocycles. The molecule has 24 heavy (non-hydrogen) atoms. The summed E-state index contributed by atoms with van der Waals surface area (Å²) in [6.07, 6.45) is 0.834. The van der Waals surface area contributed by atoms with Gasteiger partial charge in [-0.1, -0.05) is 18.2 Å². The lowest BCUT2D eigenvalue weighted by Gasteiger charge is -2.24. The molecule has 2 unspecified atom stereocenters. The molecule has 4 atom stereocenters. The van der Waals surface area contributed by atoms with E-state index in [0.29, 0.717) is 0 Å². The van der Waals surface area contributed by atoms with Gasteiger partial charge >= 0.3 is 5.97 Å². The Labute approximate surface area is 140 Å². The Morgan fingerprint density at radius 3 is 2.79 bits per heavy atom. The Kier molecular flexibility index (Phi) is 3.63. The van der Waals surface area contributed by atoms with Gasteiger partial charge in [0, 0.05) is 29.6 Å². The van der Waals surface area contributed by atoms with Crippen LogP contribution >= 0.6 is 0 Å². The highest BCUT2D eigenvalue weighted by Gasteiger charge is 2.56. The SMILES string of the molecule is CC(=O)OCC1OC(c2c[nH]c3ccccc23)[C@@H]2OC(C)(C)O[C@H]12. The minimum Gasteiger partial charge on any atom is -0.463 e. The van der Waals surface area contributed by atoms with Crippen LogP contribution in [0.2, 0.25) is 0 Å². The minimum absolute atomic E-state index is 0.162. The largest absolute Gasteiger partial charge is 0.463 e. The first kappa shape index (κ1) is 15.6. The molecule has 1 aromatic heterocycles. The maximum Gasteiger partial charge on any atom is 0.302 e. The van der Waals surface area contributed by atoms with Crippen molar-refractivity contribution >= 4 is 16.9 Å². The van der Waals surface area contributed by atoms with Crippen LogP contribution in [0.25, 0.3) is 10.9 Å². The second-order valence-corrected chi connectivity index (χ2v) is 6.75.